The van der Waals surface area contributed by atoms with Gasteiger partial charge in [-0.05, 0) is 32.9 Å². The van der Waals surface area contributed by atoms with E-state index in [4.69, 9.17) is 9.52 Å². The minimum absolute atomic E-state index is 0.144. The highest BCUT2D eigenvalue weighted by atomic mass is 32.2. The van der Waals surface area contributed by atoms with Gasteiger partial charge in [-0.15, -0.1) is 4.72 Å². The summed E-state index contributed by atoms with van der Waals surface area (Å²) in [6.07, 6.45) is 1.53. The first-order valence-electron chi connectivity index (χ1n) is 4.77. The Kier molecular flexibility index (Phi) is 4.21. The molecular weight excluding hydrogens is 214 g/mol. The lowest BCUT2D eigenvalue weighted by Crippen LogP contribution is -2.42. The van der Waals surface area contributed by atoms with Gasteiger partial charge in [0.05, 0.1) is 12.9 Å². The summed E-state index contributed by atoms with van der Waals surface area (Å²) in [6.45, 7) is 5.46. The van der Waals surface area contributed by atoms with Crippen LogP contribution in [0, 0.1) is 0 Å². The smallest absolute Gasteiger partial charge is 0.136 e. The van der Waals surface area contributed by atoms with Crippen molar-refractivity contribution < 1.29 is 14.1 Å². The lowest BCUT2D eigenvalue weighted by Gasteiger charge is -2.26. The van der Waals surface area contributed by atoms with Crippen molar-refractivity contribution in [1.29, 1.82) is 0 Å². The first-order chi connectivity index (χ1) is 6.95. The molecule has 4 nitrogen and oxygen atoms in total. The van der Waals surface area contributed by atoms with E-state index in [9.17, 15) is 4.55 Å². The van der Waals surface area contributed by atoms with E-state index in [1.165, 1.54) is 6.26 Å². The summed E-state index contributed by atoms with van der Waals surface area (Å²) in [5.41, 5.74) is 0. The van der Waals surface area contributed by atoms with Crippen molar-refractivity contribution in [2.24, 2.45) is 0 Å². The fourth-order valence-corrected chi connectivity index (χ4v) is 1.78. The van der Waals surface area contributed by atoms with Crippen LogP contribution in [0.3, 0.4) is 0 Å². The third-order valence-corrected chi connectivity index (χ3v) is 3.49. The maximum atomic E-state index is 11.8. The molecule has 0 amide bonds. The Balaban J connectivity index is 2.63. The first kappa shape index (κ1) is 12.6. The van der Waals surface area contributed by atoms with Gasteiger partial charge in [-0.3, -0.25) is 0 Å². The summed E-state index contributed by atoms with van der Waals surface area (Å²) in [5.74, 6) is 0.593. The van der Waals surface area contributed by atoms with Gasteiger partial charge in [0.15, 0.2) is 0 Å². The molecule has 1 aromatic rings. The van der Waals surface area contributed by atoms with Crippen LogP contribution in [0.25, 0.3) is 0 Å². The van der Waals surface area contributed by atoms with Crippen LogP contribution in [0.1, 0.15) is 32.6 Å². The molecule has 0 spiro atoms. The van der Waals surface area contributed by atoms with Gasteiger partial charge < -0.3 is 14.1 Å². The highest BCUT2D eigenvalue weighted by Gasteiger charge is 2.30. The molecule has 1 rings (SSSR count). The van der Waals surface area contributed by atoms with Crippen molar-refractivity contribution >= 4 is 11.4 Å². The predicted molar refractivity (Wildman–Crippen MR) is 59.6 cm³/mol. The van der Waals surface area contributed by atoms with Gasteiger partial charge in [0, 0.05) is 11.4 Å². The summed E-state index contributed by atoms with van der Waals surface area (Å²) < 4.78 is 19.4. The molecular formula is C10H17NO3S. The molecule has 2 atom stereocenters. The number of furan rings is 1. The van der Waals surface area contributed by atoms with E-state index < -0.39 is 17.4 Å². The van der Waals surface area contributed by atoms with Gasteiger partial charge in [-0.25, -0.2) is 0 Å². The topological polar surface area (TPSA) is 68.5 Å². The molecule has 2 N–H and O–H groups in total. The van der Waals surface area contributed by atoms with Crippen molar-refractivity contribution in [2.45, 2.75) is 31.6 Å². The fourth-order valence-electron chi connectivity index (χ4n) is 0.981. The Labute approximate surface area is 93.0 Å². The van der Waals surface area contributed by atoms with Gasteiger partial charge in [-0.2, -0.15) is 0 Å². The van der Waals surface area contributed by atoms with E-state index in [1.807, 2.05) is 20.8 Å². The molecule has 2 unspecified atom stereocenters. The van der Waals surface area contributed by atoms with Crippen LogP contribution < -0.4 is 4.72 Å². The van der Waals surface area contributed by atoms with E-state index in [0.29, 0.717) is 5.76 Å². The van der Waals surface area contributed by atoms with Crippen molar-refractivity contribution in [3.63, 3.8) is 0 Å². The summed E-state index contributed by atoms with van der Waals surface area (Å²) in [7, 11) is 0. The molecule has 0 aliphatic carbocycles. The number of rotatable bonds is 4. The number of hydrogen-bond donors (Lipinski definition) is 2. The lowest BCUT2D eigenvalue weighted by molar-refractivity contribution is 0.241. The molecule has 0 aromatic carbocycles. The average molecular weight is 231 g/mol. The maximum Gasteiger partial charge on any atom is 0.136 e. The molecule has 5 heteroatoms. The van der Waals surface area contributed by atoms with Crippen LogP contribution in [0.5, 0.6) is 0 Å². The summed E-state index contributed by atoms with van der Waals surface area (Å²) in [6, 6.07) is 3.06. The summed E-state index contributed by atoms with van der Waals surface area (Å²) >= 11 is -1.22. The number of aliphatic hydroxyl groups is 1. The van der Waals surface area contributed by atoms with Gasteiger partial charge in [0.2, 0.25) is 0 Å². The first-order valence-corrected chi connectivity index (χ1v) is 5.92. The van der Waals surface area contributed by atoms with Crippen molar-refractivity contribution in [3.8, 4) is 0 Å². The largest absolute Gasteiger partial charge is 0.598 e. The average Bonchev–Trinajstić information content (AvgIpc) is 2.64. The Morgan fingerprint density at radius 2 is 2.27 bits per heavy atom. The molecule has 1 aromatic heterocycles. The molecule has 0 fully saturated rings. The number of nitrogens with one attached hydrogen (secondary N) is 1. The van der Waals surface area contributed by atoms with Gasteiger partial charge in [0.25, 0.3) is 0 Å². The maximum absolute atomic E-state index is 11.8. The van der Waals surface area contributed by atoms with E-state index >= 15 is 0 Å². The van der Waals surface area contributed by atoms with E-state index in [-0.39, 0.29) is 11.4 Å². The predicted octanol–water partition coefficient (Wildman–Crippen LogP) is 1.36. The second kappa shape index (κ2) is 5.03. The van der Waals surface area contributed by atoms with Gasteiger partial charge in [0.1, 0.15) is 16.5 Å². The SMILES string of the molecule is CC(C)(C)[S+]([O-])NC(CO)c1ccco1. The van der Waals surface area contributed by atoms with Crippen molar-refractivity contribution in [3.05, 3.63) is 24.2 Å². The van der Waals surface area contributed by atoms with Crippen molar-refractivity contribution in [2.75, 3.05) is 6.61 Å². The molecule has 0 saturated carbocycles. The highest BCUT2D eigenvalue weighted by Crippen LogP contribution is 2.19. The summed E-state index contributed by atoms with van der Waals surface area (Å²) in [5, 5.41) is 9.16. The minimum Gasteiger partial charge on any atom is -0.598 e. The van der Waals surface area contributed by atoms with Crippen LogP contribution in [-0.2, 0) is 11.4 Å². The highest BCUT2D eigenvalue weighted by molar-refractivity contribution is 7.90. The van der Waals surface area contributed by atoms with Gasteiger partial charge in [-0.1, -0.05) is 0 Å². The normalized spacial score (nSPS) is 16.3. The summed E-state index contributed by atoms with van der Waals surface area (Å²) in [4.78, 5) is 0. The monoisotopic (exact) mass is 231 g/mol. The second-order valence-corrected chi connectivity index (χ2v) is 6.25. The molecule has 0 aliphatic rings. The number of hydrogen-bond acceptors (Lipinski definition) is 4. The molecule has 15 heavy (non-hydrogen) atoms. The van der Waals surface area contributed by atoms with Crippen LogP contribution >= 0.6 is 0 Å². The zero-order valence-corrected chi connectivity index (χ0v) is 10.0. The Bertz CT molecular complexity index is 281. The molecule has 0 aliphatic heterocycles. The van der Waals surface area contributed by atoms with E-state index in [0.717, 1.165) is 0 Å². The molecule has 0 radical (unpaired) electrons. The van der Waals surface area contributed by atoms with Crippen LogP contribution in [0.15, 0.2) is 22.8 Å². The van der Waals surface area contributed by atoms with E-state index in [2.05, 4.69) is 4.72 Å². The second-order valence-electron chi connectivity index (χ2n) is 4.25. The van der Waals surface area contributed by atoms with Crippen LogP contribution in [-0.4, -0.2) is 21.0 Å². The lowest BCUT2D eigenvalue weighted by atomic mass is 10.2. The standard InChI is InChI=1S/C10H17NO3S/c1-10(2,3)15(13)11-8(7-12)9-5-4-6-14-9/h4-6,8,11-12H,7H2,1-3H3. The molecule has 0 saturated heterocycles. The Hall–Kier alpha value is -0.490. The molecule has 0 bridgehead atoms. The minimum atomic E-state index is -1.22. The molecule has 1 heterocycles. The number of aliphatic hydroxyl groups excluding tert-OH is 1. The third kappa shape index (κ3) is 3.53. The Morgan fingerprint density at radius 1 is 1.60 bits per heavy atom. The zero-order valence-electron chi connectivity index (χ0n) is 9.19. The fraction of sp³-hybridized carbons (Fsp3) is 0.600. The van der Waals surface area contributed by atoms with Crippen LogP contribution in [0.2, 0.25) is 0 Å². The zero-order chi connectivity index (χ0) is 11.5. The van der Waals surface area contributed by atoms with Crippen LogP contribution in [0.4, 0.5) is 0 Å². The third-order valence-electron chi connectivity index (χ3n) is 1.87. The van der Waals surface area contributed by atoms with E-state index in [1.54, 1.807) is 12.1 Å². The van der Waals surface area contributed by atoms with Crippen molar-refractivity contribution in [1.82, 2.24) is 4.72 Å². The molecule has 86 valence electrons. The van der Waals surface area contributed by atoms with Gasteiger partial charge >= 0.3 is 0 Å². The quantitative estimate of drug-likeness (QED) is 0.768. The Morgan fingerprint density at radius 3 is 2.67 bits per heavy atom.